The van der Waals surface area contributed by atoms with Crippen LogP contribution in [-0.2, 0) is 0 Å². The molecule has 0 bridgehead atoms. The van der Waals surface area contributed by atoms with Gasteiger partial charge in [0, 0.05) is 10.9 Å². The maximum Gasteiger partial charge on any atom is 0.426 e. The van der Waals surface area contributed by atoms with Crippen molar-refractivity contribution >= 4 is 11.6 Å². The van der Waals surface area contributed by atoms with E-state index < -0.39 is 36.4 Å². The van der Waals surface area contributed by atoms with Crippen molar-refractivity contribution in [2.75, 3.05) is 0 Å². The SMILES string of the molecule is CC[C@H]([C@@H](O)c1ccc(Cl)cc1)C(O)(C(F)(F)F)C(F)(F)F. The quantitative estimate of drug-likeness (QED) is 0.797. The van der Waals surface area contributed by atoms with E-state index in [-0.39, 0.29) is 10.6 Å². The Kier molecular flexibility index (Phi) is 5.42. The molecule has 2 atom stereocenters. The van der Waals surface area contributed by atoms with Gasteiger partial charge in [-0.05, 0) is 24.1 Å². The van der Waals surface area contributed by atoms with Crippen LogP contribution < -0.4 is 0 Å². The highest BCUT2D eigenvalue weighted by Gasteiger charge is 2.74. The van der Waals surface area contributed by atoms with E-state index in [1.807, 2.05) is 0 Å². The van der Waals surface area contributed by atoms with Gasteiger partial charge in [0.2, 0.25) is 0 Å². The predicted molar refractivity (Wildman–Crippen MR) is 67.3 cm³/mol. The molecule has 0 saturated carbocycles. The zero-order valence-corrected chi connectivity index (χ0v) is 12.0. The Balaban J connectivity index is 3.34. The lowest BCUT2D eigenvalue weighted by molar-refractivity contribution is -0.392. The molecule has 0 radical (unpaired) electrons. The van der Waals surface area contributed by atoms with Crippen LogP contribution in [0.3, 0.4) is 0 Å². The van der Waals surface area contributed by atoms with Crippen molar-refractivity contribution in [2.24, 2.45) is 5.92 Å². The largest absolute Gasteiger partial charge is 0.426 e. The average molecular weight is 351 g/mol. The molecule has 2 N–H and O–H groups in total. The van der Waals surface area contributed by atoms with Gasteiger partial charge in [-0.2, -0.15) is 26.3 Å². The molecular formula is C13H13ClF6O2. The first-order chi connectivity index (χ1) is 9.86. The Morgan fingerprint density at radius 2 is 1.41 bits per heavy atom. The average Bonchev–Trinajstić information content (AvgIpc) is 2.37. The molecule has 0 saturated heterocycles. The molecule has 0 aliphatic heterocycles. The van der Waals surface area contributed by atoms with Gasteiger partial charge in [-0.25, -0.2) is 0 Å². The van der Waals surface area contributed by atoms with Crippen LogP contribution in [0, 0.1) is 5.92 Å². The zero-order valence-electron chi connectivity index (χ0n) is 11.2. The summed E-state index contributed by atoms with van der Waals surface area (Å²) in [5.74, 6) is -2.52. The van der Waals surface area contributed by atoms with Gasteiger partial charge < -0.3 is 10.2 Å². The predicted octanol–water partition coefficient (Wildman–Crippen LogP) is 4.26. The highest BCUT2D eigenvalue weighted by Crippen LogP contribution is 2.52. The van der Waals surface area contributed by atoms with Crippen LogP contribution in [0.5, 0.6) is 0 Å². The Morgan fingerprint density at radius 3 is 1.73 bits per heavy atom. The minimum Gasteiger partial charge on any atom is -0.388 e. The molecule has 0 unspecified atom stereocenters. The number of rotatable bonds is 4. The topological polar surface area (TPSA) is 40.5 Å². The van der Waals surface area contributed by atoms with Crippen molar-refractivity contribution in [3.05, 3.63) is 34.9 Å². The fourth-order valence-corrected chi connectivity index (χ4v) is 2.35. The maximum atomic E-state index is 12.9. The summed E-state index contributed by atoms with van der Waals surface area (Å²) in [4.78, 5) is 0. The van der Waals surface area contributed by atoms with Crippen molar-refractivity contribution in [3.8, 4) is 0 Å². The van der Waals surface area contributed by atoms with Gasteiger partial charge in [0.15, 0.2) is 0 Å². The van der Waals surface area contributed by atoms with Crippen molar-refractivity contribution in [2.45, 2.75) is 37.4 Å². The van der Waals surface area contributed by atoms with Crippen molar-refractivity contribution in [1.29, 1.82) is 0 Å². The second-order valence-electron chi connectivity index (χ2n) is 4.77. The van der Waals surface area contributed by atoms with E-state index >= 15 is 0 Å². The molecular weight excluding hydrogens is 338 g/mol. The lowest BCUT2D eigenvalue weighted by Gasteiger charge is -2.40. The normalized spacial score (nSPS) is 16.5. The zero-order chi connectivity index (χ0) is 17.3. The van der Waals surface area contributed by atoms with E-state index in [1.54, 1.807) is 0 Å². The van der Waals surface area contributed by atoms with Crippen LogP contribution in [0.15, 0.2) is 24.3 Å². The third-order valence-electron chi connectivity index (χ3n) is 3.43. The minimum absolute atomic E-state index is 0.200. The number of halogens is 7. The van der Waals surface area contributed by atoms with Crippen molar-refractivity contribution < 1.29 is 36.6 Å². The summed E-state index contributed by atoms with van der Waals surface area (Å²) in [5.41, 5.74) is -5.23. The summed E-state index contributed by atoms with van der Waals surface area (Å²) in [6, 6.07) is 4.63. The maximum absolute atomic E-state index is 12.9. The number of hydrogen-bond donors (Lipinski definition) is 2. The molecule has 2 nitrogen and oxygen atoms in total. The standard InChI is InChI=1S/C13H13ClF6O2/c1-2-9(10(21)7-3-5-8(14)6-4-7)11(22,12(15,16)17)13(18,19)20/h3-6,9-10,21-22H,2H2,1H3/t9-,10+/m1/s1. The van der Waals surface area contributed by atoms with Crippen LogP contribution in [0.1, 0.15) is 25.0 Å². The Hall–Kier alpha value is -0.990. The highest BCUT2D eigenvalue weighted by molar-refractivity contribution is 6.30. The minimum atomic E-state index is -5.99. The monoisotopic (exact) mass is 350 g/mol. The summed E-state index contributed by atoms with van der Waals surface area (Å²) in [6.45, 7) is 1.02. The molecule has 0 fully saturated rings. The molecule has 0 aliphatic rings. The third kappa shape index (κ3) is 3.33. The van der Waals surface area contributed by atoms with Crippen molar-refractivity contribution in [1.82, 2.24) is 0 Å². The van der Waals surface area contributed by atoms with Gasteiger partial charge in [0.25, 0.3) is 5.60 Å². The molecule has 1 aromatic rings. The molecule has 0 heterocycles. The molecule has 9 heteroatoms. The van der Waals surface area contributed by atoms with Crippen LogP contribution in [0.2, 0.25) is 5.02 Å². The molecule has 0 spiro atoms. The van der Waals surface area contributed by atoms with Gasteiger partial charge in [0.05, 0.1) is 6.10 Å². The molecule has 1 rings (SSSR count). The molecule has 22 heavy (non-hydrogen) atoms. The summed E-state index contributed by atoms with van der Waals surface area (Å²) in [5, 5.41) is 19.5. The number of aliphatic hydroxyl groups excluding tert-OH is 1. The lowest BCUT2D eigenvalue weighted by atomic mass is 9.78. The third-order valence-corrected chi connectivity index (χ3v) is 3.69. The number of benzene rings is 1. The van der Waals surface area contributed by atoms with Crippen LogP contribution in [-0.4, -0.2) is 28.2 Å². The molecule has 0 aromatic heterocycles. The highest BCUT2D eigenvalue weighted by atomic mass is 35.5. The summed E-state index contributed by atoms with van der Waals surface area (Å²) in [7, 11) is 0. The number of aliphatic hydroxyl groups is 2. The molecule has 126 valence electrons. The van der Waals surface area contributed by atoms with Gasteiger partial charge in [-0.1, -0.05) is 30.7 Å². The van der Waals surface area contributed by atoms with E-state index in [9.17, 15) is 36.6 Å². The van der Waals surface area contributed by atoms with E-state index in [1.165, 1.54) is 12.1 Å². The Labute approximate surface area is 127 Å². The van der Waals surface area contributed by atoms with Crippen LogP contribution in [0.25, 0.3) is 0 Å². The fourth-order valence-electron chi connectivity index (χ4n) is 2.22. The lowest BCUT2D eigenvalue weighted by Crippen LogP contribution is -2.62. The first kappa shape index (κ1) is 19.1. The second kappa shape index (κ2) is 6.25. The van der Waals surface area contributed by atoms with Gasteiger partial charge in [0.1, 0.15) is 0 Å². The number of hydrogen-bond acceptors (Lipinski definition) is 2. The Bertz CT molecular complexity index is 483. The van der Waals surface area contributed by atoms with E-state index in [0.717, 1.165) is 19.1 Å². The summed E-state index contributed by atoms with van der Waals surface area (Å²) in [6.07, 6.45) is -14.9. The smallest absolute Gasteiger partial charge is 0.388 e. The molecule has 0 amide bonds. The molecule has 0 aliphatic carbocycles. The van der Waals surface area contributed by atoms with Gasteiger partial charge in [-0.15, -0.1) is 0 Å². The Morgan fingerprint density at radius 1 is 1.00 bits per heavy atom. The molecule has 1 aromatic carbocycles. The first-order valence-corrected chi connectivity index (χ1v) is 6.53. The van der Waals surface area contributed by atoms with E-state index in [4.69, 9.17) is 11.6 Å². The van der Waals surface area contributed by atoms with Gasteiger partial charge in [-0.3, -0.25) is 0 Å². The van der Waals surface area contributed by atoms with Crippen molar-refractivity contribution in [3.63, 3.8) is 0 Å². The summed E-state index contributed by atoms with van der Waals surface area (Å²) >= 11 is 5.57. The summed E-state index contributed by atoms with van der Waals surface area (Å²) < 4.78 is 77.3. The van der Waals surface area contributed by atoms with Crippen LogP contribution >= 0.6 is 11.6 Å². The first-order valence-electron chi connectivity index (χ1n) is 6.15. The van der Waals surface area contributed by atoms with Gasteiger partial charge >= 0.3 is 12.4 Å². The van der Waals surface area contributed by atoms with E-state index in [0.29, 0.717) is 0 Å². The fraction of sp³-hybridized carbons (Fsp3) is 0.538. The van der Waals surface area contributed by atoms with Crippen LogP contribution in [0.4, 0.5) is 26.3 Å². The number of alkyl halides is 6. The van der Waals surface area contributed by atoms with E-state index in [2.05, 4.69) is 0 Å². The second-order valence-corrected chi connectivity index (χ2v) is 5.21.